The van der Waals surface area contributed by atoms with Crippen LogP contribution in [0, 0.1) is 0 Å². The van der Waals surface area contributed by atoms with Crippen LogP contribution in [-0.2, 0) is 4.79 Å². The maximum atomic E-state index is 12.3. The van der Waals surface area contributed by atoms with Crippen molar-refractivity contribution in [3.8, 4) is 5.75 Å². The zero-order chi connectivity index (χ0) is 16.7. The van der Waals surface area contributed by atoms with Gasteiger partial charge in [-0.1, -0.05) is 30.3 Å². The first-order valence-electron chi connectivity index (χ1n) is 7.18. The number of phenolic OH excluding ortho intramolecular Hbond substituents is 1. The van der Waals surface area contributed by atoms with Gasteiger partial charge in [0.05, 0.1) is 16.6 Å². The van der Waals surface area contributed by atoms with E-state index in [0.29, 0.717) is 17.4 Å². The summed E-state index contributed by atoms with van der Waals surface area (Å²) in [5, 5.41) is 13.4. The van der Waals surface area contributed by atoms with Gasteiger partial charge in [0.2, 0.25) is 5.91 Å². The summed E-state index contributed by atoms with van der Waals surface area (Å²) in [7, 11) is 0. The van der Waals surface area contributed by atoms with Crippen molar-refractivity contribution in [3.05, 3.63) is 64.1 Å². The van der Waals surface area contributed by atoms with Crippen LogP contribution in [0.25, 0.3) is 0 Å². The summed E-state index contributed by atoms with van der Waals surface area (Å²) in [6.45, 7) is 0.418. The molecule has 120 valence electrons. The summed E-state index contributed by atoms with van der Waals surface area (Å²) in [6, 6.07) is 14.5. The molecule has 0 bridgehead atoms. The maximum absolute atomic E-state index is 12.3. The van der Waals surface area contributed by atoms with E-state index in [1.165, 1.54) is 6.21 Å². The Kier molecular flexibility index (Phi) is 6.31. The lowest BCUT2D eigenvalue weighted by atomic mass is 9.95. The number of hydrogen-bond acceptors (Lipinski definition) is 4. The van der Waals surface area contributed by atoms with Gasteiger partial charge in [0.1, 0.15) is 5.75 Å². The minimum Gasteiger partial charge on any atom is -0.507 e. The van der Waals surface area contributed by atoms with E-state index in [1.54, 1.807) is 18.2 Å². The predicted molar refractivity (Wildman–Crippen MR) is 94.4 cm³/mol. The molecule has 0 radical (unpaired) electrons. The van der Waals surface area contributed by atoms with Crippen molar-refractivity contribution >= 4 is 28.1 Å². The second-order valence-corrected chi connectivity index (χ2v) is 5.84. The monoisotopic (exact) mass is 375 g/mol. The van der Waals surface area contributed by atoms with Gasteiger partial charge in [-0.3, -0.25) is 4.79 Å². The van der Waals surface area contributed by atoms with E-state index in [4.69, 9.17) is 5.73 Å². The fraction of sp³-hybridized carbons (Fsp3) is 0.176. The fourth-order valence-electron chi connectivity index (χ4n) is 2.15. The number of phenols is 1. The Hall–Kier alpha value is -2.18. The number of carbonyl (C=O) groups is 1. The molecule has 6 heteroatoms. The van der Waals surface area contributed by atoms with Gasteiger partial charge in [0.15, 0.2) is 0 Å². The Morgan fingerprint density at radius 2 is 2.04 bits per heavy atom. The Bertz CT molecular complexity index is 689. The standard InChI is InChI=1S/C17H18BrN3O2/c18-15-10-12(6-7-16(15)22)11-20-21-17(23)14(8-9-19)13-4-2-1-3-5-13/h1-7,10-11,14,22H,8-9,19H2,(H,21,23)/b20-11+. The number of nitrogens with two attached hydrogens (primary N) is 1. The lowest BCUT2D eigenvalue weighted by molar-refractivity contribution is -0.122. The summed E-state index contributed by atoms with van der Waals surface area (Å²) in [4.78, 5) is 12.3. The largest absolute Gasteiger partial charge is 0.507 e. The fourth-order valence-corrected chi connectivity index (χ4v) is 2.55. The highest BCUT2D eigenvalue weighted by atomic mass is 79.9. The average Bonchev–Trinajstić information content (AvgIpc) is 2.56. The number of rotatable bonds is 6. The molecule has 0 saturated carbocycles. The van der Waals surface area contributed by atoms with Crippen LogP contribution in [0.4, 0.5) is 0 Å². The van der Waals surface area contributed by atoms with Crippen LogP contribution < -0.4 is 11.2 Å². The summed E-state index contributed by atoms with van der Waals surface area (Å²) in [5.74, 6) is -0.376. The molecule has 5 nitrogen and oxygen atoms in total. The molecule has 4 N–H and O–H groups in total. The van der Waals surface area contributed by atoms with E-state index in [0.717, 1.165) is 11.1 Å². The highest BCUT2D eigenvalue weighted by Gasteiger charge is 2.19. The van der Waals surface area contributed by atoms with E-state index in [9.17, 15) is 9.90 Å². The number of benzene rings is 2. The van der Waals surface area contributed by atoms with E-state index < -0.39 is 0 Å². The molecule has 2 aromatic rings. The van der Waals surface area contributed by atoms with Crippen LogP contribution in [0.1, 0.15) is 23.5 Å². The molecule has 0 aliphatic heterocycles. The SMILES string of the molecule is NCCC(C(=O)N/N=C/c1ccc(O)c(Br)c1)c1ccccc1. The Balaban J connectivity index is 2.04. The van der Waals surface area contributed by atoms with Gasteiger partial charge >= 0.3 is 0 Å². The molecule has 0 aliphatic carbocycles. The molecule has 0 heterocycles. The molecular weight excluding hydrogens is 358 g/mol. The second-order valence-electron chi connectivity index (χ2n) is 4.99. The summed E-state index contributed by atoms with van der Waals surface area (Å²) < 4.78 is 0.568. The third kappa shape index (κ3) is 4.91. The van der Waals surface area contributed by atoms with E-state index in [2.05, 4.69) is 26.5 Å². The van der Waals surface area contributed by atoms with Crippen molar-refractivity contribution in [3.63, 3.8) is 0 Å². The van der Waals surface area contributed by atoms with Gasteiger partial charge in [0.25, 0.3) is 0 Å². The first-order valence-corrected chi connectivity index (χ1v) is 7.97. The number of hydrazone groups is 1. The van der Waals surface area contributed by atoms with E-state index in [-0.39, 0.29) is 17.6 Å². The molecule has 0 saturated heterocycles. The predicted octanol–water partition coefficient (Wildman–Crippen LogP) is 2.74. The Labute approximate surface area is 143 Å². The van der Waals surface area contributed by atoms with Gasteiger partial charge in [-0.05, 0) is 58.2 Å². The van der Waals surface area contributed by atoms with Crippen LogP contribution in [0.15, 0.2) is 58.1 Å². The van der Waals surface area contributed by atoms with Gasteiger partial charge in [-0.15, -0.1) is 0 Å². The topological polar surface area (TPSA) is 87.7 Å². The number of nitrogens with one attached hydrogen (secondary N) is 1. The Morgan fingerprint density at radius 1 is 1.30 bits per heavy atom. The van der Waals surface area contributed by atoms with E-state index in [1.807, 2.05) is 30.3 Å². The molecule has 0 aromatic heterocycles. The third-order valence-corrected chi connectivity index (χ3v) is 3.97. The first kappa shape index (κ1) is 17.2. The van der Waals surface area contributed by atoms with Gasteiger partial charge in [-0.2, -0.15) is 5.10 Å². The molecule has 2 aromatic carbocycles. The summed E-state index contributed by atoms with van der Waals surface area (Å²) >= 11 is 3.23. The number of hydrogen-bond donors (Lipinski definition) is 3. The second kappa shape index (κ2) is 8.45. The van der Waals surface area contributed by atoms with Crippen LogP contribution in [-0.4, -0.2) is 23.8 Å². The molecule has 1 amide bonds. The van der Waals surface area contributed by atoms with E-state index >= 15 is 0 Å². The summed E-state index contributed by atoms with van der Waals surface area (Å²) in [6.07, 6.45) is 2.07. The van der Waals surface area contributed by atoms with Crippen LogP contribution in [0.2, 0.25) is 0 Å². The van der Waals surface area contributed by atoms with Crippen molar-refractivity contribution in [2.75, 3.05) is 6.54 Å². The van der Waals surface area contributed by atoms with Crippen molar-refractivity contribution in [2.24, 2.45) is 10.8 Å². The summed E-state index contributed by atoms with van der Waals surface area (Å²) in [5.41, 5.74) is 9.82. The first-order chi connectivity index (χ1) is 11.1. The molecule has 0 spiro atoms. The number of halogens is 1. The highest BCUT2D eigenvalue weighted by Crippen LogP contribution is 2.23. The smallest absolute Gasteiger partial charge is 0.247 e. The molecule has 23 heavy (non-hydrogen) atoms. The molecule has 0 aliphatic rings. The maximum Gasteiger partial charge on any atom is 0.247 e. The molecule has 0 fully saturated rings. The van der Waals surface area contributed by atoms with Gasteiger partial charge < -0.3 is 10.8 Å². The van der Waals surface area contributed by atoms with Crippen LogP contribution in [0.5, 0.6) is 5.75 Å². The van der Waals surface area contributed by atoms with Crippen molar-refractivity contribution in [1.82, 2.24) is 5.43 Å². The lowest BCUT2D eigenvalue weighted by Crippen LogP contribution is -2.27. The van der Waals surface area contributed by atoms with Crippen LogP contribution >= 0.6 is 15.9 Å². The molecule has 1 atom stereocenters. The van der Waals surface area contributed by atoms with Gasteiger partial charge in [-0.25, -0.2) is 5.43 Å². The normalized spacial score (nSPS) is 12.3. The highest BCUT2D eigenvalue weighted by molar-refractivity contribution is 9.10. The van der Waals surface area contributed by atoms with Crippen molar-refractivity contribution < 1.29 is 9.90 Å². The number of amides is 1. The zero-order valence-electron chi connectivity index (χ0n) is 12.4. The van der Waals surface area contributed by atoms with Gasteiger partial charge in [0, 0.05) is 0 Å². The minimum absolute atomic E-state index is 0.151. The molecular formula is C17H18BrN3O2. The number of aromatic hydroxyl groups is 1. The van der Waals surface area contributed by atoms with Crippen molar-refractivity contribution in [2.45, 2.75) is 12.3 Å². The zero-order valence-corrected chi connectivity index (χ0v) is 14.0. The average molecular weight is 376 g/mol. The molecule has 2 rings (SSSR count). The quantitative estimate of drug-likeness (QED) is 0.535. The minimum atomic E-state index is -0.329. The number of carbonyl (C=O) groups excluding carboxylic acids is 1. The number of nitrogens with zero attached hydrogens (tertiary/aromatic N) is 1. The lowest BCUT2D eigenvalue weighted by Gasteiger charge is -2.14. The third-order valence-electron chi connectivity index (χ3n) is 3.33. The van der Waals surface area contributed by atoms with Crippen molar-refractivity contribution in [1.29, 1.82) is 0 Å². The van der Waals surface area contributed by atoms with Crippen LogP contribution in [0.3, 0.4) is 0 Å². The Morgan fingerprint density at radius 3 is 2.70 bits per heavy atom. The molecule has 1 unspecified atom stereocenters.